The zero-order chi connectivity index (χ0) is 9.80. The maximum atomic E-state index is 5.45. The van der Waals surface area contributed by atoms with Crippen LogP contribution >= 0.6 is 15.9 Å². The highest BCUT2D eigenvalue weighted by molar-refractivity contribution is 9.10. The van der Waals surface area contributed by atoms with E-state index in [2.05, 4.69) is 27.0 Å². The Kier molecular flexibility index (Phi) is 2.79. The van der Waals surface area contributed by atoms with Gasteiger partial charge in [0, 0.05) is 16.7 Å². The maximum Gasteiger partial charge on any atom is 0.227 e. The highest BCUT2D eigenvalue weighted by atomic mass is 79.9. The molecule has 69 valence electrons. The molecule has 0 unspecified atom stereocenters. The van der Waals surface area contributed by atoms with Gasteiger partial charge in [-0.25, -0.2) is 4.98 Å². The summed E-state index contributed by atoms with van der Waals surface area (Å²) in [5.74, 6) is 1.23. The van der Waals surface area contributed by atoms with Crippen molar-refractivity contribution in [1.82, 2.24) is 4.98 Å². The lowest BCUT2D eigenvalue weighted by Crippen LogP contribution is -1.86. The minimum Gasteiger partial charge on any atom is -0.438 e. The average Bonchev–Trinajstić information content (AvgIpc) is 2.23. The van der Waals surface area contributed by atoms with Gasteiger partial charge in [-0.15, -0.1) is 0 Å². The van der Waals surface area contributed by atoms with E-state index in [1.54, 1.807) is 18.3 Å². The van der Waals surface area contributed by atoms with Crippen LogP contribution in [0.3, 0.4) is 0 Å². The number of nitrogens with zero attached hydrogens (tertiary/aromatic N) is 1. The van der Waals surface area contributed by atoms with Gasteiger partial charge < -0.3 is 4.74 Å². The smallest absolute Gasteiger partial charge is 0.227 e. The fraction of sp³-hybridized carbons (Fsp3) is 0. The third-order valence-electron chi connectivity index (χ3n) is 1.61. The number of pyridine rings is 1. The van der Waals surface area contributed by atoms with Crippen molar-refractivity contribution in [2.75, 3.05) is 0 Å². The molecule has 0 aliphatic heterocycles. The van der Waals surface area contributed by atoms with Crippen LogP contribution in [0.25, 0.3) is 0 Å². The molecule has 0 aliphatic carbocycles. The Labute approximate surface area is 90.7 Å². The fourth-order valence-corrected chi connectivity index (χ4v) is 1.24. The summed E-state index contributed by atoms with van der Waals surface area (Å²) in [6.07, 6.45) is 1.67. The minimum atomic E-state index is 0.481. The Bertz CT molecular complexity index is 399. The van der Waals surface area contributed by atoms with E-state index in [0.717, 1.165) is 10.2 Å². The third kappa shape index (κ3) is 2.33. The second kappa shape index (κ2) is 4.24. The summed E-state index contributed by atoms with van der Waals surface area (Å²) >= 11 is 3.35. The largest absolute Gasteiger partial charge is 0.438 e. The van der Waals surface area contributed by atoms with E-state index in [9.17, 15) is 0 Å². The molecule has 1 aromatic carbocycles. The fourth-order valence-electron chi connectivity index (χ4n) is 0.981. The summed E-state index contributed by atoms with van der Waals surface area (Å²) < 4.78 is 6.47. The van der Waals surface area contributed by atoms with Crippen molar-refractivity contribution >= 4 is 15.9 Å². The molecule has 0 aliphatic rings. The van der Waals surface area contributed by atoms with Crippen molar-refractivity contribution in [3.05, 3.63) is 53.1 Å². The summed E-state index contributed by atoms with van der Waals surface area (Å²) in [6.45, 7) is 0. The summed E-state index contributed by atoms with van der Waals surface area (Å²) in [5.41, 5.74) is 0. The van der Waals surface area contributed by atoms with Gasteiger partial charge in [-0.2, -0.15) is 0 Å². The van der Waals surface area contributed by atoms with Gasteiger partial charge in [0.15, 0.2) is 0 Å². The zero-order valence-electron chi connectivity index (χ0n) is 7.27. The zero-order valence-corrected chi connectivity index (χ0v) is 8.86. The second-order valence-electron chi connectivity index (χ2n) is 2.64. The normalized spacial score (nSPS) is 9.79. The molecule has 0 amide bonds. The molecule has 2 rings (SSSR count). The molecule has 1 aromatic heterocycles. The van der Waals surface area contributed by atoms with Crippen molar-refractivity contribution in [2.24, 2.45) is 0 Å². The quantitative estimate of drug-likeness (QED) is 0.813. The first kappa shape index (κ1) is 9.21. The summed E-state index contributed by atoms with van der Waals surface area (Å²) in [5, 5.41) is 0. The molecule has 2 aromatic rings. The van der Waals surface area contributed by atoms with Crippen LogP contribution in [0, 0.1) is 6.07 Å². The third-order valence-corrected chi connectivity index (χ3v) is 2.14. The Balaban J connectivity index is 2.16. The van der Waals surface area contributed by atoms with E-state index in [1.807, 2.05) is 24.3 Å². The first-order valence-corrected chi connectivity index (χ1v) is 4.90. The average molecular weight is 249 g/mol. The summed E-state index contributed by atoms with van der Waals surface area (Å²) in [7, 11) is 0. The topological polar surface area (TPSA) is 22.1 Å². The molecule has 0 spiro atoms. The molecule has 14 heavy (non-hydrogen) atoms. The van der Waals surface area contributed by atoms with E-state index in [4.69, 9.17) is 4.74 Å². The number of hydrogen-bond donors (Lipinski definition) is 0. The van der Waals surface area contributed by atoms with Crippen molar-refractivity contribution in [3.8, 4) is 11.6 Å². The lowest BCUT2D eigenvalue weighted by atomic mass is 10.3. The molecule has 0 N–H and O–H groups in total. The Hall–Kier alpha value is -1.35. The molecular formula is C11H7BrNO. The van der Waals surface area contributed by atoms with Gasteiger partial charge in [-0.05, 0) is 36.4 Å². The molecule has 0 saturated heterocycles. The highest BCUT2D eigenvalue weighted by Gasteiger charge is 1.96. The highest BCUT2D eigenvalue weighted by Crippen LogP contribution is 2.20. The van der Waals surface area contributed by atoms with E-state index in [0.29, 0.717) is 5.88 Å². The molecule has 0 atom stereocenters. The van der Waals surface area contributed by atoms with E-state index >= 15 is 0 Å². The van der Waals surface area contributed by atoms with Gasteiger partial charge in [-0.3, -0.25) is 0 Å². The Morgan fingerprint density at radius 3 is 2.64 bits per heavy atom. The maximum absolute atomic E-state index is 5.45. The van der Waals surface area contributed by atoms with Crippen LogP contribution in [0.4, 0.5) is 0 Å². The van der Waals surface area contributed by atoms with Crippen LogP contribution in [0.1, 0.15) is 0 Å². The van der Waals surface area contributed by atoms with Gasteiger partial charge in [0.1, 0.15) is 5.75 Å². The number of rotatable bonds is 2. The summed E-state index contributed by atoms with van der Waals surface area (Å²) in [6, 6.07) is 14.0. The molecule has 0 saturated carbocycles. The van der Waals surface area contributed by atoms with Gasteiger partial charge in [0.2, 0.25) is 5.88 Å². The number of ether oxygens (including phenoxy) is 1. The molecule has 0 bridgehead atoms. The van der Waals surface area contributed by atoms with Gasteiger partial charge in [0.05, 0.1) is 0 Å². The van der Waals surface area contributed by atoms with Gasteiger partial charge >= 0.3 is 0 Å². The van der Waals surface area contributed by atoms with Crippen molar-refractivity contribution < 1.29 is 4.74 Å². The molecular weight excluding hydrogens is 242 g/mol. The molecule has 1 radical (unpaired) electrons. The molecule has 3 heteroatoms. The predicted octanol–water partition coefficient (Wildman–Crippen LogP) is 3.44. The first-order chi connectivity index (χ1) is 6.84. The van der Waals surface area contributed by atoms with E-state index in [-0.39, 0.29) is 0 Å². The Morgan fingerprint density at radius 2 is 2.00 bits per heavy atom. The number of benzene rings is 1. The van der Waals surface area contributed by atoms with Gasteiger partial charge in [0.25, 0.3) is 0 Å². The SMILES string of the molecule is Brc1ccc(Oc2[c]cccn2)cc1. The Morgan fingerprint density at radius 1 is 1.21 bits per heavy atom. The standard InChI is InChI=1S/C11H7BrNO/c12-9-4-6-10(7-5-9)14-11-3-1-2-8-13-11/h1-2,4-8H. The monoisotopic (exact) mass is 248 g/mol. The predicted molar refractivity (Wildman–Crippen MR) is 57.3 cm³/mol. The van der Waals surface area contributed by atoms with Crippen molar-refractivity contribution in [3.63, 3.8) is 0 Å². The minimum absolute atomic E-state index is 0.481. The van der Waals surface area contributed by atoms with Crippen LogP contribution in [-0.2, 0) is 0 Å². The molecule has 0 fully saturated rings. The number of hydrogen-bond acceptors (Lipinski definition) is 2. The molecule has 2 nitrogen and oxygen atoms in total. The first-order valence-electron chi connectivity index (χ1n) is 4.11. The van der Waals surface area contributed by atoms with Crippen molar-refractivity contribution in [2.45, 2.75) is 0 Å². The van der Waals surface area contributed by atoms with Crippen LogP contribution in [0.2, 0.25) is 0 Å². The van der Waals surface area contributed by atoms with Crippen molar-refractivity contribution in [1.29, 1.82) is 0 Å². The van der Waals surface area contributed by atoms with Crippen LogP contribution in [-0.4, -0.2) is 4.98 Å². The summed E-state index contributed by atoms with van der Waals surface area (Å²) in [4.78, 5) is 4.01. The van der Waals surface area contributed by atoms with Crippen LogP contribution in [0.5, 0.6) is 11.6 Å². The van der Waals surface area contributed by atoms with E-state index in [1.165, 1.54) is 0 Å². The molecule has 1 heterocycles. The number of aromatic nitrogens is 1. The van der Waals surface area contributed by atoms with Gasteiger partial charge in [-0.1, -0.05) is 15.9 Å². The lowest BCUT2D eigenvalue weighted by molar-refractivity contribution is 0.462. The lowest BCUT2D eigenvalue weighted by Gasteiger charge is -2.02. The van der Waals surface area contributed by atoms with E-state index < -0.39 is 0 Å². The van der Waals surface area contributed by atoms with Crippen LogP contribution < -0.4 is 4.74 Å². The van der Waals surface area contributed by atoms with Crippen LogP contribution in [0.15, 0.2) is 47.1 Å². The second-order valence-corrected chi connectivity index (χ2v) is 3.56. The number of halogens is 1.